The highest BCUT2D eigenvalue weighted by Crippen LogP contribution is 2.03. The van der Waals surface area contributed by atoms with Gasteiger partial charge >= 0.3 is 1.43 Å². The monoisotopic (exact) mass is 136 g/mol. The summed E-state index contributed by atoms with van der Waals surface area (Å²) in [6.07, 6.45) is 3.95. The Labute approximate surface area is 57.9 Å². The Kier molecular flexibility index (Phi) is 4.23. The van der Waals surface area contributed by atoms with Crippen LogP contribution in [0.15, 0.2) is 0 Å². The third-order valence-electron chi connectivity index (χ3n) is 1.39. The first kappa shape index (κ1) is 8.21. The van der Waals surface area contributed by atoms with Crippen molar-refractivity contribution in [1.82, 2.24) is 5.01 Å². The highest BCUT2D eigenvalue weighted by molar-refractivity contribution is 4.56. The molecular formula is C5H13ClN2. The van der Waals surface area contributed by atoms with Gasteiger partial charge in [0, 0.05) is 13.1 Å². The molecular weight excluding hydrogens is 124 g/mol. The highest BCUT2D eigenvalue weighted by Gasteiger charge is 2.02. The molecule has 0 bridgehead atoms. The molecule has 2 nitrogen and oxygen atoms in total. The summed E-state index contributed by atoms with van der Waals surface area (Å²) in [4.78, 5) is 0. The van der Waals surface area contributed by atoms with Crippen LogP contribution in [-0.4, -0.2) is 18.1 Å². The summed E-state index contributed by atoms with van der Waals surface area (Å²) in [5.74, 6) is 5.47. The molecule has 1 rings (SSSR count). The summed E-state index contributed by atoms with van der Waals surface area (Å²) in [6, 6.07) is 0. The molecule has 0 unspecified atom stereocenters. The molecule has 0 aromatic heterocycles. The van der Waals surface area contributed by atoms with Gasteiger partial charge in [-0.1, -0.05) is 6.42 Å². The van der Waals surface area contributed by atoms with Crippen molar-refractivity contribution < 1.29 is 13.8 Å². The van der Waals surface area contributed by atoms with Crippen LogP contribution >= 0.6 is 0 Å². The Hall–Kier alpha value is 0.210. The van der Waals surface area contributed by atoms with E-state index in [4.69, 9.17) is 5.84 Å². The molecule has 0 atom stereocenters. The SMILES string of the molecule is NN1CCCCC1.[Cl-].[H+]. The lowest BCUT2D eigenvalue weighted by Gasteiger charge is -2.20. The van der Waals surface area contributed by atoms with Crippen molar-refractivity contribution in [2.45, 2.75) is 19.3 Å². The standard InChI is InChI=1S/C5H12N2.ClH/c6-7-4-2-1-3-5-7;/h1-6H2;1H. The van der Waals surface area contributed by atoms with Gasteiger partial charge in [0.1, 0.15) is 0 Å². The van der Waals surface area contributed by atoms with Gasteiger partial charge in [0.15, 0.2) is 0 Å². The number of rotatable bonds is 0. The van der Waals surface area contributed by atoms with Crippen molar-refractivity contribution in [1.29, 1.82) is 0 Å². The summed E-state index contributed by atoms with van der Waals surface area (Å²) >= 11 is 0. The van der Waals surface area contributed by atoms with E-state index >= 15 is 0 Å². The molecule has 1 aliphatic heterocycles. The van der Waals surface area contributed by atoms with E-state index in [-0.39, 0.29) is 13.8 Å². The summed E-state index contributed by atoms with van der Waals surface area (Å²) < 4.78 is 0. The number of hydrogen-bond acceptors (Lipinski definition) is 2. The normalized spacial score (nSPS) is 22.1. The Balaban J connectivity index is 0. The molecule has 0 aliphatic carbocycles. The van der Waals surface area contributed by atoms with E-state index in [0.717, 1.165) is 13.1 Å². The second-order valence-electron chi connectivity index (χ2n) is 2.10. The lowest BCUT2D eigenvalue weighted by molar-refractivity contribution is -0.00000165. The van der Waals surface area contributed by atoms with Crippen molar-refractivity contribution in [3.05, 3.63) is 0 Å². The van der Waals surface area contributed by atoms with Crippen LogP contribution in [0, 0.1) is 0 Å². The lowest BCUT2D eigenvalue weighted by Crippen LogP contribution is -3.00. The van der Waals surface area contributed by atoms with Crippen LogP contribution in [0.2, 0.25) is 0 Å². The van der Waals surface area contributed by atoms with Gasteiger partial charge in [-0.25, -0.2) is 5.01 Å². The molecule has 50 valence electrons. The number of nitrogens with two attached hydrogens (primary N) is 1. The van der Waals surface area contributed by atoms with Crippen LogP contribution in [0.25, 0.3) is 0 Å². The number of nitrogens with zero attached hydrogens (tertiary/aromatic N) is 1. The summed E-state index contributed by atoms with van der Waals surface area (Å²) in [6.45, 7) is 2.19. The van der Waals surface area contributed by atoms with E-state index in [1.165, 1.54) is 19.3 Å². The maximum atomic E-state index is 5.47. The molecule has 1 saturated heterocycles. The third kappa shape index (κ3) is 2.50. The molecule has 0 spiro atoms. The van der Waals surface area contributed by atoms with Gasteiger partial charge in [-0.15, -0.1) is 0 Å². The van der Waals surface area contributed by atoms with Gasteiger partial charge in [0.05, 0.1) is 0 Å². The Morgan fingerprint density at radius 3 is 1.88 bits per heavy atom. The minimum absolute atomic E-state index is 0. The summed E-state index contributed by atoms with van der Waals surface area (Å²) in [7, 11) is 0. The molecule has 0 aromatic rings. The maximum absolute atomic E-state index is 5.47. The predicted molar refractivity (Wildman–Crippen MR) is 30.7 cm³/mol. The van der Waals surface area contributed by atoms with E-state index in [2.05, 4.69) is 0 Å². The molecule has 1 heterocycles. The Morgan fingerprint density at radius 2 is 1.62 bits per heavy atom. The van der Waals surface area contributed by atoms with Gasteiger partial charge in [-0.05, 0) is 12.8 Å². The average molecular weight is 137 g/mol. The van der Waals surface area contributed by atoms with Crippen molar-refractivity contribution in [3.63, 3.8) is 0 Å². The first-order valence-electron chi connectivity index (χ1n) is 2.89. The Morgan fingerprint density at radius 1 is 1.12 bits per heavy atom. The first-order chi connectivity index (χ1) is 3.39. The fraction of sp³-hybridized carbons (Fsp3) is 1.00. The quantitative estimate of drug-likeness (QED) is 0.372. The Bertz CT molecular complexity index is 56.9. The van der Waals surface area contributed by atoms with E-state index in [9.17, 15) is 0 Å². The van der Waals surface area contributed by atoms with Crippen LogP contribution in [0.5, 0.6) is 0 Å². The van der Waals surface area contributed by atoms with Gasteiger partial charge in [-0.3, -0.25) is 5.84 Å². The van der Waals surface area contributed by atoms with E-state index < -0.39 is 0 Å². The van der Waals surface area contributed by atoms with E-state index in [1.54, 1.807) is 0 Å². The van der Waals surface area contributed by atoms with Crippen molar-refractivity contribution in [2.75, 3.05) is 13.1 Å². The second-order valence-corrected chi connectivity index (χ2v) is 2.10. The van der Waals surface area contributed by atoms with E-state index in [0.29, 0.717) is 0 Å². The molecule has 3 heteroatoms. The minimum atomic E-state index is 0. The van der Waals surface area contributed by atoms with Crippen LogP contribution in [-0.2, 0) is 0 Å². The van der Waals surface area contributed by atoms with Crippen molar-refractivity contribution >= 4 is 0 Å². The zero-order valence-corrected chi connectivity index (χ0v) is 5.69. The number of piperidine rings is 1. The fourth-order valence-corrected chi connectivity index (χ4v) is 0.918. The number of halogens is 1. The molecule has 1 fully saturated rings. The number of hydrogen-bond donors (Lipinski definition) is 1. The predicted octanol–water partition coefficient (Wildman–Crippen LogP) is -2.54. The van der Waals surface area contributed by atoms with Gasteiger partial charge in [0.2, 0.25) is 0 Å². The van der Waals surface area contributed by atoms with Crippen LogP contribution in [0.3, 0.4) is 0 Å². The molecule has 0 amide bonds. The maximum Gasteiger partial charge on any atom is 1.00 e. The molecule has 0 aromatic carbocycles. The van der Waals surface area contributed by atoms with Crippen molar-refractivity contribution in [2.24, 2.45) is 5.84 Å². The number of hydrazine groups is 1. The molecule has 8 heavy (non-hydrogen) atoms. The van der Waals surface area contributed by atoms with Crippen LogP contribution in [0.4, 0.5) is 0 Å². The largest absolute Gasteiger partial charge is 1.00 e. The summed E-state index contributed by atoms with van der Waals surface area (Å²) in [5, 5.41) is 1.89. The highest BCUT2D eigenvalue weighted by atomic mass is 35.5. The van der Waals surface area contributed by atoms with Crippen LogP contribution < -0.4 is 18.2 Å². The minimum Gasteiger partial charge on any atom is -1.00 e. The molecule has 0 radical (unpaired) electrons. The van der Waals surface area contributed by atoms with Gasteiger partial charge in [-0.2, -0.15) is 0 Å². The molecule has 1 aliphatic rings. The first-order valence-corrected chi connectivity index (χ1v) is 2.89. The topological polar surface area (TPSA) is 29.3 Å². The van der Waals surface area contributed by atoms with E-state index in [1.807, 2.05) is 5.01 Å². The third-order valence-corrected chi connectivity index (χ3v) is 1.39. The molecule has 2 N–H and O–H groups in total. The van der Waals surface area contributed by atoms with Crippen LogP contribution in [0.1, 0.15) is 20.7 Å². The van der Waals surface area contributed by atoms with Gasteiger partial charge in [0.25, 0.3) is 0 Å². The fourth-order valence-electron chi connectivity index (χ4n) is 0.918. The lowest BCUT2D eigenvalue weighted by atomic mass is 10.2. The van der Waals surface area contributed by atoms with Gasteiger partial charge < -0.3 is 12.4 Å². The zero-order valence-electron chi connectivity index (χ0n) is 5.94. The van der Waals surface area contributed by atoms with Crippen molar-refractivity contribution in [3.8, 4) is 0 Å². The smallest absolute Gasteiger partial charge is 1.00 e. The molecule has 0 saturated carbocycles. The second kappa shape index (κ2) is 4.13. The average Bonchev–Trinajstić information content (AvgIpc) is 1.69. The summed E-state index contributed by atoms with van der Waals surface area (Å²) in [5.41, 5.74) is 0. The zero-order chi connectivity index (χ0) is 5.11.